The van der Waals surface area contributed by atoms with Crippen molar-refractivity contribution in [2.45, 2.75) is 12.5 Å². The molecule has 0 saturated carbocycles. The molecule has 3 aromatic rings. The Hall–Kier alpha value is -3.39. The van der Waals surface area contributed by atoms with Gasteiger partial charge in [0.15, 0.2) is 11.5 Å². The van der Waals surface area contributed by atoms with Crippen molar-refractivity contribution >= 4 is 5.95 Å². The van der Waals surface area contributed by atoms with E-state index in [9.17, 15) is 4.79 Å². The van der Waals surface area contributed by atoms with Crippen molar-refractivity contribution < 1.29 is 9.47 Å². The molecule has 1 unspecified atom stereocenters. The van der Waals surface area contributed by atoms with Crippen LogP contribution in [-0.2, 0) is 13.5 Å². The molecule has 0 spiro atoms. The van der Waals surface area contributed by atoms with Crippen LogP contribution < -0.4 is 19.9 Å². The van der Waals surface area contributed by atoms with Gasteiger partial charge in [-0.15, -0.1) is 0 Å². The van der Waals surface area contributed by atoms with Crippen molar-refractivity contribution in [2.75, 3.05) is 45.3 Å². The van der Waals surface area contributed by atoms with Crippen LogP contribution in [-0.4, -0.2) is 59.8 Å². The van der Waals surface area contributed by atoms with Crippen LogP contribution in [0, 0.1) is 0 Å². The van der Waals surface area contributed by atoms with Gasteiger partial charge >= 0.3 is 0 Å². The van der Waals surface area contributed by atoms with Crippen molar-refractivity contribution in [1.82, 2.24) is 19.4 Å². The molecular formula is C24H27N5O3. The molecule has 1 atom stereocenters. The number of ether oxygens (including phenoxy) is 2. The highest BCUT2D eigenvalue weighted by Gasteiger charge is 2.35. The molecule has 8 nitrogen and oxygen atoms in total. The Balaban J connectivity index is 1.52. The zero-order valence-corrected chi connectivity index (χ0v) is 18.6. The fourth-order valence-corrected chi connectivity index (χ4v) is 4.77. The maximum atomic E-state index is 12.8. The number of hydrogen-bond donors (Lipinski definition) is 0. The number of piperazine rings is 1. The highest BCUT2D eigenvalue weighted by Crippen LogP contribution is 2.39. The smallest absolute Gasteiger partial charge is 0.255 e. The summed E-state index contributed by atoms with van der Waals surface area (Å²) in [6.07, 6.45) is 4.42. The first-order valence-corrected chi connectivity index (χ1v) is 10.8. The van der Waals surface area contributed by atoms with Crippen molar-refractivity contribution in [1.29, 1.82) is 0 Å². The average Bonchev–Trinajstić information content (AvgIpc) is 2.84. The summed E-state index contributed by atoms with van der Waals surface area (Å²) in [7, 11) is 5.13. The maximum absolute atomic E-state index is 12.8. The minimum Gasteiger partial charge on any atom is -0.493 e. The fraction of sp³-hybridized carbons (Fsp3) is 0.375. The van der Waals surface area contributed by atoms with E-state index in [0.717, 1.165) is 49.7 Å². The van der Waals surface area contributed by atoms with Gasteiger partial charge < -0.3 is 14.4 Å². The van der Waals surface area contributed by atoms with Crippen molar-refractivity contribution in [3.05, 3.63) is 64.2 Å². The Labute approximate surface area is 187 Å². The third kappa shape index (κ3) is 3.50. The number of nitrogens with zero attached hydrogens (tertiary/aromatic N) is 5. The van der Waals surface area contributed by atoms with Gasteiger partial charge in [-0.05, 0) is 41.8 Å². The van der Waals surface area contributed by atoms with E-state index in [1.807, 2.05) is 12.1 Å². The summed E-state index contributed by atoms with van der Waals surface area (Å²) in [6.45, 7) is 3.49. The lowest BCUT2D eigenvalue weighted by Gasteiger charge is -2.45. The lowest BCUT2D eigenvalue weighted by molar-refractivity contribution is 0.164. The van der Waals surface area contributed by atoms with Gasteiger partial charge in [0.05, 0.1) is 26.0 Å². The van der Waals surface area contributed by atoms with E-state index >= 15 is 0 Å². The monoisotopic (exact) mass is 433 g/mol. The first-order valence-electron chi connectivity index (χ1n) is 10.8. The highest BCUT2D eigenvalue weighted by molar-refractivity contribution is 5.59. The Bertz CT molecular complexity index is 1190. The first-order chi connectivity index (χ1) is 15.6. The van der Waals surface area contributed by atoms with Gasteiger partial charge in [0.25, 0.3) is 5.56 Å². The molecule has 1 aromatic carbocycles. The molecule has 8 heteroatoms. The standard InChI is InChI=1S/C24H27N5O3/c1-27-23(30)14-19(16-4-7-25-8-5-16)26-24(27)29-11-10-28-9-6-17-12-21(31-2)22(32-3)13-18(17)20(28)15-29/h4-5,7-8,12-14,20H,6,9-11,15H2,1-3H3. The van der Waals surface area contributed by atoms with E-state index in [0.29, 0.717) is 11.6 Å². The number of fused-ring (bicyclic) bond motifs is 3. The molecule has 1 saturated heterocycles. The van der Waals surface area contributed by atoms with E-state index < -0.39 is 0 Å². The van der Waals surface area contributed by atoms with Gasteiger partial charge in [-0.1, -0.05) is 0 Å². The van der Waals surface area contributed by atoms with E-state index in [-0.39, 0.29) is 11.6 Å². The zero-order chi connectivity index (χ0) is 22.2. The molecule has 32 heavy (non-hydrogen) atoms. The summed E-state index contributed by atoms with van der Waals surface area (Å²) in [4.78, 5) is 26.4. The number of benzene rings is 1. The van der Waals surface area contributed by atoms with Crippen LogP contribution in [0.1, 0.15) is 17.2 Å². The van der Waals surface area contributed by atoms with Crippen LogP contribution in [0.4, 0.5) is 5.95 Å². The number of pyridine rings is 1. The normalized spacial score (nSPS) is 18.1. The molecule has 0 N–H and O–H groups in total. The first kappa shape index (κ1) is 20.5. The van der Waals surface area contributed by atoms with Crippen molar-refractivity contribution in [3.8, 4) is 22.8 Å². The number of aromatic nitrogens is 3. The van der Waals surface area contributed by atoms with Crippen LogP contribution in [0.3, 0.4) is 0 Å². The van der Waals surface area contributed by atoms with Crippen LogP contribution >= 0.6 is 0 Å². The largest absolute Gasteiger partial charge is 0.493 e. The molecule has 0 radical (unpaired) electrons. The Kier molecular flexibility index (Phi) is 5.30. The molecule has 2 aliphatic rings. The number of hydrogen-bond acceptors (Lipinski definition) is 7. The minimum absolute atomic E-state index is 0.0697. The van der Waals surface area contributed by atoms with Gasteiger partial charge in [-0.2, -0.15) is 0 Å². The molecule has 5 rings (SSSR count). The second-order valence-corrected chi connectivity index (χ2v) is 8.23. The number of rotatable bonds is 4. The van der Waals surface area contributed by atoms with Crippen LogP contribution in [0.5, 0.6) is 11.5 Å². The summed E-state index contributed by atoms with van der Waals surface area (Å²) in [5.74, 6) is 2.20. The van der Waals surface area contributed by atoms with Gasteiger partial charge in [0.2, 0.25) is 5.95 Å². The quantitative estimate of drug-likeness (QED) is 0.625. The molecule has 1 fully saturated rings. The Morgan fingerprint density at radius 1 is 1.00 bits per heavy atom. The second-order valence-electron chi connectivity index (χ2n) is 8.23. The van der Waals surface area contributed by atoms with E-state index in [4.69, 9.17) is 14.5 Å². The Morgan fingerprint density at radius 2 is 1.75 bits per heavy atom. The van der Waals surface area contributed by atoms with Gasteiger partial charge in [0, 0.05) is 57.3 Å². The summed E-state index contributed by atoms with van der Waals surface area (Å²) in [6, 6.07) is 9.74. The van der Waals surface area contributed by atoms with Crippen LogP contribution in [0.25, 0.3) is 11.3 Å². The van der Waals surface area contributed by atoms with E-state index in [1.54, 1.807) is 44.3 Å². The summed E-state index contributed by atoms with van der Waals surface area (Å²) < 4.78 is 12.7. The zero-order valence-electron chi connectivity index (χ0n) is 18.6. The van der Waals surface area contributed by atoms with Crippen LogP contribution in [0.15, 0.2) is 47.5 Å². The second kappa shape index (κ2) is 8.27. The van der Waals surface area contributed by atoms with Gasteiger partial charge in [-0.3, -0.25) is 19.2 Å². The highest BCUT2D eigenvalue weighted by atomic mass is 16.5. The molecule has 2 aliphatic heterocycles. The number of methoxy groups -OCH3 is 2. The van der Waals surface area contributed by atoms with Gasteiger partial charge in [-0.25, -0.2) is 4.98 Å². The SMILES string of the molecule is COc1cc2c(cc1OC)C1CN(c3nc(-c4ccncc4)cc(=O)n3C)CCN1CC2. The predicted molar refractivity (Wildman–Crippen MR) is 122 cm³/mol. The molecule has 0 bridgehead atoms. The van der Waals surface area contributed by atoms with E-state index in [1.165, 1.54) is 11.1 Å². The van der Waals surface area contributed by atoms with Crippen LogP contribution in [0.2, 0.25) is 0 Å². The summed E-state index contributed by atoms with van der Waals surface area (Å²) in [5.41, 5.74) is 4.03. The Morgan fingerprint density at radius 3 is 2.50 bits per heavy atom. The summed E-state index contributed by atoms with van der Waals surface area (Å²) in [5, 5.41) is 0. The van der Waals surface area contributed by atoms with E-state index in [2.05, 4.69) is 26.9 Å². The maximum Gasteiger partial charge on any atom is 0.255 e. The summed E-state index contributed by atoms with van der Waals surface area (Å²) >= 11 is 0. The van der Waals surface area contributed by atoms with Crippen molar-refractivity contribution in [3.63, 3.8) is 0 Å². The van der Waals surface area contributed by atoms with Crippen molar-refractivity contribution in [2.24, 2.45) is 7.05 Å². The third-order valence-electron chi connectivity index (χ3n) is 6.53. The lowest BCUT2D eigenvalue weighted by atomic mass is 9.90. The topological polar surface area (TPSA) is 72.7 Å². The average molecular weight is 434 g/mol. The van der Waals surface area contributed by atoms with Gasteiger partial charge in [0.1, 0.15) is 0 Å². The molecule has 0 aliphatic carbocycles. The molecule has 0 amide bonds. The molecule has 4 heterocycles. The predicted octanol–water partition coefficient (Wildman–Crippen LogP) is 2.28. The molecule has 2 aromatic heterocycles. The lowest BCUT2D eigenvalue weighted by Crippen LogP contribution is -2.52. The minimum atomic E-state index is -0.0697. The molecule has 166 valence electrons. The molecular weight excluding hydrogens is 406 g/mol. The fourth-order valence-electron chi connectivity index (χ4n) is 4.77. The number of anilines is 1. The third-order valence-corrected chi connectivity index (χ3v) is 6.53.